The van der Waals surface area contributed by atoms with E-state index in [1.165, 1.54) is 39.4 Å². The molecule has 0 aliphatic heterocycles. The van der Waals surface area contributed by atoms with Gasteiger partial charge in [-0.3, -0.25) is 4.79 Å². The normalized spacial score (nSPS) is 11.3. The molecule has 32 heavy (non-hydrogen) atoms. The fourth-order valence-corrected chi connectivity index (χ4v) is 4.73. The number of hydrogen-bond acceptors (Lipinski definition) is 3. The van der Waals surface area contributed by atoms with Gasteiger partial charge >= 0.3 is 0 Å². The van der Waals surface area contributed by atoms with Crippen molar-refractivity contribution < 1.29 is 4.79 Å². The first-order valence-electron chi connectivity index (χ1n) is 11.2. The Kier molecular flexibility index (Phi) is 7.81. The molecule has 3 aromatic carbocycles. The monoisotopic (exact) mass is 442 g/mol. The zero-order valence-corrected chi connectivity index (χ0v) is 19.4. The number of carbonyl (C=O) groups is 1. The minimum absolute atomic E-state index is 0.164. The number of nitrogens with zero attached hydrogens (tertiary/aromatic N) is 1. The number of H-pyrrole nitrogens is 1. The molecule has 164 valence electrons. The molecule has 4 heteroatoms. The molecule has 0 atom stereocenters. The molecule has 0 saturated heterocycles. The van der Waals surface area contributed by atoms with Gasteiger partial charge in [-0.25, -0.2) is 0 Å². The molecule has 4 rings (SSSR count). The van der Waals surface area contributed by atoms with Crippen LogP contribution in [0.1, 0.15) is 33.5 Å². The van der Waals surface area contributed by atoms with Gasteiger partial charge in [0.1, 0.15) is 0 Å². The van der Waals surface area contributed by atoms with E-state index in [0.717, 1.165) is 43.7 Å². The molecule has 0 unspecified atom stereocenters. The lowest BCUT2D eigenvalue weighted by Crippen LogP contribution is -2.20. The predicted molar refractivity (Wildman–Crippen MR) is 136 cm³/mol. The Hall–Kier alpha value is -2.82. The van der Waals surface area contributed by atoms with Crippen LogP contribution < -0.4 is 0 Å². The Balaban J connectivity index is 1.21. The van der Waals surface area contributed by atoms with E-state index < -0.39 is 0 Å². The number of thioether (sulfide) groups is 1. The molecule has 0 aliphatic rings. The van der Waals surface area contributed by atoms with Gasteiger partial charge in [0.05, 0.1) is 0 Å². The number of carbonyl (C=O) groups excluding carboxylic acids is 1. The van der Waals surface area contributed by atoms with Crippen molar-refractivity contribution in [2.45, 2.75) is 25.8 Å². The van der Waals surface area contributed by atoms with Gasteiger partial charge in [-0.15, -0.1) is 0 Å². The second kappa shape index (κ2) is 11.2. The predicted octanol–water partition coefficient (Wildman–Crippen LogP) is 6.35. The lowest BCUT2D eigenvalue weighted by Gasteiger charge is -2.16. The highest BCUT2D eigenvalue weighted by atomic mass is 32.2. The Morgan fingerprint density at radius 1 is 0.875 bits per heavy atom. The number of fused-ring (bicyclic) bond motifs is 1. The lowest BCUT2D eigenvalue weighted by atomic mass is 10.1. The molecule has 0 bridgehead atoms. The van der Waals surface area contributed by atoms with Crippen LogP contribution in [0.25, 0.3) is 10.9 Å². The summed E-state index contributed by atoms with van der Waals surface area (Å²) in [7, 11) is 2.15. The minimum Gasteiger partial charge on any atom is -0.361 e. The SMILES string of the molecule is CN(CCc1c[nH]c2ccccc12)Cc1ccc(C(=O)SCCCc2ccccc2)cc1. The third-order valence-electron chi connectivity index (χ3n) is 5.77. The van der Waals surface area contributed by atoms with Crippen LogP contribution in [0.5, 0.6) is 0 Å². The van der Waals surface area contributed by atoms with Crippen LogP contribution in [0.3, 0.4) is 0 Å². The molecule has 0 saturated carbocycles. The Morgan fingerprint density at radius 2 is 1.62 bits per heavy atom. The van der Waals surface area contributed by atoms with Crippen molar-refractivity contribution in [2.24, 2.45) is 0 Å². The first-order chi connectivity index (χ1) is 15.7. The van der Waals surface area contributed by atoms with Crippen LogP contribution in [0, 0.1) is 0 Å². The van der Waals surface area contributed by atoms with Crippen molar-refractivity contribution in [1.29, 1.82) is 0 Å². The van der Waals surface area contributed by atoms with Gasteiger partial charge in [0.2, 0.25) is 5.12 Å². The van der Waals surface area contributed by atoms with E-state index in [2.05, 4.69) is 83.8 Å². The van der Waals surface area contributed by atoms with Gasteiger partial charge in [0, 0.05) is 41.5 Å². The van der Waals surface area contributed by atoms with Crippen molar-refractivity contribution in [3.8, 4) is 0 Å². The standard InChI is InChI=1S/C28H30N2OS/c1-30(18-17-25-20-29-27-12-6-5-11-26(25)27)21-23-13-15-24(16-14-23)28(31)32-19-7-10-22-8-3-2-4-9-22/h2-6,8-9,11-16,20,29H,7,10,17-19,21H2,1H3. The summed E-state index contributed by atoms with van der Waals surface area (Å²) in [5.74, 6) is 0.853. The number of hydrogen-bond donors (Lipinski definition) is 1. The van der Waals surface area contributed by atoms with Crippen LogP contribution >= 0.6 is 11.8 Å². The third-order valence-corrected chi connectivity index (χ3v) is 6.76. The minimum atomic E-state index is 0.164. The summed E-state index contributed by atoms with van der Waals surface area (Å²) in [6.07, 6.45) is 5.16. The van der Waals surface area contributed by atoms with Gasteiger partial charge in [-0.05, 0) is 49.1 Å². The van der Waals surface area contributed by atoms with Crippen molar-refractivity contribution >= 4 is 27.8 Å². The molecule has 0 spiro atoms. The summed E-state index contributed by atoms with van der Waals surface area (Å²) >= 11 is 1.42. The maximum Gasteiger partial charge on any atom is 0.219 e. The van der Waals surface area contributed by atoms with Gasteiger partial charge in [0.25, 0.3) is 0 Å². The average Bonchev–Trinajstić information content (AvgIpc) is 3.25. The number of nitrogens with one attached hydrogen (secondary N) is 1. The van der Waals surface area contributed by atoms with E-state index >= 15 is 0 Å². The number of rotatable bonds is 10. The Bertz CT molecular complexity index is 1140. The number of aryl methyl sites for hydroxylation is 1. The van der Waals surface area contributed by atoms with E-state index in [0.29, 0.717) is 0 Å². The Labute approximate surface area is 194 Å². The lowest BCUT2D eigenvalue weighted by molar-refractivity contribution is 0.108. The van der Waals surface area contributed by atoms with Gasteiger partial charge in [-0.2, -0.15) is 0 Å². The molecule has 0 fully saturated rings. The van der Waals surface area contributed by atoms with Crippen molar-refractivity contribution in [3.63, 3.8) is 0 Å². The number of para-hydroxylation sites is 1. The number of likely N-dealkylation sites (N-methyl/N-ethyl adjacent to an activating group) is 1. The quantitative estimate of drug-likeness (QED) is 0.291. The average molecular weight is 443 g/mol. The van der Waals surface area contributed by atoms with E-state index in [-0.39, 0.29) is 5.12 Å². The number of aromatic nitrogens is 1. The van der Waals surface area contributed by atoms with Crippen molar-refractivity contribution in [2.75, 3.05) is 19.3 Å². The van der Waals surface area contributed by atoms with Gasteiger partial charge in [-0.1, -0.05) is 84.6 Å². The molecule has 4 aromatic rings. The Morgan fingerprint density at radius 3 is 2.44 bits per heavy atom. The fraction of sp³-hybridized carbons (Fsp3) is 0.250. The molecule has 0 amide bonds. The highest BCUT2D eigenvalue weighted by Crippen LogP contribution is 2.19. The van der Waals surface area contributed by atoms with Crippen LogP contribution in [-0.2, 0) is 19.4 Å². The maximum absolute atomic E-state index is 12.5. The summed E-state index contributed by atoms with van der Waals surface area (Å²) in [5, 5.41) is 1.47. The molecular weight excluding hydrogens is 412 g/mol. The zero-order valence-electron chi connectivity index (χ0n) is 18.6. The molecule has 0 radical (unpaired) electrons. The molecular formula is C28H30N2OS. The highest BCUT2D eigenvalue weighted by Gasteiger charge is 2.09. The summed E-state index contributed by atoms with van der Waals surface area (Å²) in [6.45, 7) is 1.86. The van der Waals surface area contributed by atoms with E-state index in [9.17, 15) is 4.79 Å². The van der Waals surface area contributed by atoms with E-state index in [1.807, 2.05) is 18.2 Å². The van der Waals surface area contributed by atoms with Gasteiger partial charge in [0.15, 0.2) is 0 Å². The zero-order chi connectivity index (χ0) is 22.2. The van der Waals surface area contributed by atoms with Crippen LogP contribution in [-0.4, -0.2) is 34.3 Å². The van der Waals surface area contributed by atoms with Crippen molar-refractivity contribution in [3.05, 3.63) is 107 Å². The molecule has 3 nitrogen and oxygen atoms in total. The second-order valence-electron chi connectivity index (χ2n) is 8.27. The first kappa shape index (κ1) is 22.4. The number of aromatic amines is 1. The largest absolute Gasteiger partial charge is 0.361 e. The third kappa shape index (κ3) is 6.12. The van der Waals surface area contributed by atoms with Gasteiger partial charge < -0.3 is 9.88 Å². The molecule has 1 aromatic heterocycles. The first-order valence-corrected chi connectivity index (χ1v) is 12.2. The molecule has 1 N–H and O–H groups in total. The molecule has 0 aliphatic carbocycles. The van der Waals surface area contributed by atoms with E-state index in [4.69, 9.17) is 0 Å². The number of benzene rings is 3. The topological polar surface area (TPSA) is 36.1 Å². The van der Waals surface area contributed by atoms with Crippen LogP contribution in [0.2, 0.25) is 0 Å². The van der Waals surface area contributed by atoms with E-state index in [1.54, 1.807) is 0 Å². The van der Waals surface area contributed by atoms with Crippen LogP contribution in [0.4, 0.5) is 0 Å². The van der Waals surface area contributed by atoms with Crippen LogP contribution in [0.15, 0.2) is 85.1 Å². The second-order valence-corrected chi connectivity index (χ2v) is 9.34. The summed E-state index contributed by atoms with van der Waals surface area (Å²) in [5.41, 5.74) is 5.91. The van der Waals surface area contributed by atoms with Crippen molar-refractivity contribution in [1.82, 2.24) is 9.88 Å². The fourth-order valence-electron chi connectivity index (χ4n) is 3.96. The summed E-state index contributed by atoms with van der Waals surface area (Å²) in [6, 6.07) is 27.0. The smallest absolute Gasteiger partial charge is 0.219 e. The highest BCUT2D eigenvalue weighted by molar-refractivity contribution is 8.14. The molecule has 1 heterocycles. The summed E-state index contributed by atoms with van der Waals surface area (Å²) in [4.78, 5) is 18.2. The maximum atomic E-state index is 12.5. The summed E-state index contributed by atoms with van der Waals surface area (Å²) < 4.78 is 0.